The Labute approximate surface area is 177 Å². The van der Waals surface area contributed by atoms with E-state index in [1.54, 1.807) is 39.0 Å². The second kappa shape index (κ2) is 7.56. The van der Waals surface area contributed by atoms with E-state index in [4.69, 9.17) is 0 Å². The van der Waals surface area contributed by atoms with E-state index in [0.717, 1.165) is 23.7 Å². The van der Waals surface area contributed by atoms with E-state index in [1.807, 2.05) is 12.1 Å². The van der Waals surface area contributed by atoms with Crippen LogP contribution in [0.2, 0.25) is 0 Å². The molecule has 0 bridgehead atoms. The fourth-order valence-electron chi connectivity index (χ4n) is 3.95. The number of H-pyrrole nitrogens is 1. The Morgan fingerprint density at radius 1 is 1.03 bits per heavy atom. The highest BCUT2D eigenvalue weighted by Gasteiger charge is 2.22. The van der Waals surface area contributed by atoms with E-state index in [-0.39, 0.29) is 10.8 Å². The average Bonchev–Trinajstić information content (AvgIpc) is 3.04. The Hall–Kier alpha value is -2.64. The van der Waals surface area contributed by atoms with Gasteiger partial charge in [0.25, 0.3) is 5.91 Å². The minimum atomic E-state index is -3.68. The topological polar surface area (TPSA) is 91.1 Å². The fraction of sp³-hybridized carbons (Fsp3) is 0.348. The van der Waals surface area contributed by atoms with Crippen LogP contribution in [0.4, 0.5) is 5.69 Å². The molecule has 6 nitrogen and oxygen atoms in total. The van der Waals surface area contributed by atoms with Crippen LogP contribution < -0.4 is 10.0 Å². The number of aromatic nitrogens is 1. The van der Waals surface area contributed by atoms with Gasteiger partial charge in [-0.2, -0.15) is 0 Å². The zero-order chi connectivity index (χ0) is 21.5. The molecule has 0 saturated carbocycles. The first kappa shape index (κ1) is 20.6. The number of carbonyl (C=O) groups excluding carboxylic acids is 1. The molecule has 1 amide bonds. The monoisotopic (exact) mass is 425 g/mol. The van der Waals surface area contributed by atoms with Gasteiger partial charge in [0.2, 0.25) is 10.0 Å². The molecule has 158 valence electrons. The molecule has 3 aromatic rings. The summed E-state index contributed by atoms with van der Waals surface area (Å²) < 4.78 is 27.8. The maximum Gasteiger partial charge on any atom is 0.255 e. The molecule has 0 aliphatic heterocycles. The van der Waals surface area contributed by atoms with Crippen LogP contribution in [0.3, 0.4) is 0 Å². The largest absolute Gasteiger partial charge is 0.358 e. The molecular weight excluding hydrogens is 398 g/mol. The molecule has 0 radical (unpaired) electrons. The van der Waals surface area contributed by atoms with Crippen molar-refractivity contribution in [2.45, 2.75) is 56.9 Å². The predicted molar refractivity (Wildman–Crippen MR) is 119 cm³/mol. The van der Waals surface area contributed by atoms with Gasteiger partial charge in [0.15, 0.2) is 0 Å². The molecule has 1 heterocycles. The summed E-state index contributed by atoms with van der Waals surface area (Å²) in [7, 11) is -3.68. The van der Waals surface area contributed by atoms with Gasteiger partial charge in [0.1, 0.15) is 0 Å². The summed E-state index contributed by atoms with van der Waals surface area (Å²) in [6.07, 6.45) is 4.44. The second-order valence-electron chi connectivity index (χ2n) is 8.89. The van der Waals surface area contributed by atoms with Crippen molar-refractivity contribution in [2.75, 3.05) is 5.32 Å². The highest BCUT2D eigenvalue weighted by atomic mass is 32.2. The molecule has 1 aliphatic rings. The number of anilines is 1. The van der Waals surface area contributed by atoms with Crippen molar-refractivity contribution in [3.63, 3.8) is 0 Å². The number of amides is 1. The summed E-state index contributed by atoms with van der Waals surface area (Å²) in [6, 6.07) is 12.0. The molecule has 0 fully saturated rings. The Morgan fingerprint density at radius 2 is 1.80 bits per heavy atom. The number of hydrogen-bond donors (Lipinski definition) is 3. The van der Waals surface area contributed by atoms with Crippen LogP contribution in [-0.4, -0.2) is 24.8 Å². The van der Waals surface area contributed by atoms with Crippen molar-refractivity contribution in [1.29, 1.82) is 0 Å². The first-order valence-electron chi connectivity index (χ1n) is 10.2. The van der Waals surface area contributed by atoms with Crippen LogP contribution in [0.15, 0.2) is 47.4 Å². The zero-order valence-electron chi connectivity index (χ0n) is 17.5. The number of fused-ring (bicyclic) bond motifs is 3. The van der Waals surface area contributed by atoms with Crippen molar-refractivity contribution in [2.24, 2.45) is 0 Å². The molecule has 7 heteroatoms. The molecule has 2 aromatic carbocycles. The summed E-state index contributed by atoms with van der Waals surface area (Å²) in [4.78, 5) is 16.4. The van der Waals surface area contributed by atoms with E-state index in [9.17, 15) is 13.2 Å². The lowest BCUT2D eigenvalue weighted by molar-refractivity contribution is 0.102. The Bertz CT molecular complexity index is 1220. The summed E-state index contributed by atoms with van der Waals surface area (Å²) in [5, 5.41) is 3.93. The van der Waals surface area contributed by atoms with Crippen molar-refractivity contribution in [1.82, 2.24) is 9.71 Å². The van der Waals surface area contributed by atoms with Gasteiger partial charge in [0, 0.05) is 33.4 Å². The third kappa shape index (κ3) is 4.27. The van der Waals surface area contributed by atoms with Crippen LogP contribution in [0.25, 0.3) is 10.9 Å². The van der Waals surface area contributed by atoms with Crippen molar-refractivity contribution < 1.29 is 13.2 Å². The standard InChI is InChI=1S/C23H27N3O3S/c1-23(2,3)26-30(28,29)17-8-6-7-16(14-17)24-22(27)15-11-12-21-19(13-15)18-9-4-5-10-20(18)25-21/h6-8,11-14,25-26H,4-5,9-10H2,1-3H3,(H,24,27). The number of benzene rings is 2. The summed E-state index contributed by atoms with van der Waals surface area (Å²) >= 11 is 0. The van der Waals surface area contributed by atoms with E-state index in [2.05, 4.69) is 15.0 Å². The molecular formula is C23H27N3O3S. The van der Waals surface area contributed by atoms with E-state index in [1.165, 1.54) is 36.2 Å². The Morgan fingerprint density at radius 3 is 2.57 bits per heavy atom. The molecule has 0 atom stereocenters. The number of sulfonamides is 1. The molecule has 0 unspecified atom stereocenters. The number of rotatable bonds is 4. The van der Waals surface area contributed by atoms with Gasteiger partial charge in [-0.3, -0.25) is 4.79 Å². The van der Waals surface area contributed by atoms with Gasteiger partial charge in [-0.05, 0) is 88.4 Å². The lowest BCUT2D eigenvalue weighted by Crippen LogP contribution is -2.40. The van der Waals surface area contributed by atoms with Gasteiger partial charge in [-0.15, -0.1) is 0 Å². The van der Waals surface area contributed by atoms with E-state index < -0.39 is 15.6 Å². The zero-order valence-corrected chi connectivity index (χ0v) is 18.3. The third-order valence-electron chi connectivity index (χ3n) is 5.20. The first-order valence-corrected chi connectivity index (χ1v) is 11.7. The average molecular weight is 426 g/mol. The number of hydrogen-bond acceptors (Lipinski definition) is 3. The van der Waals surface area contributed by atoms with Gasteiger partial charge in [-0.25, -0.2) is 13.1 Å². The molecule has 1 aromatic heterocycles. The summed E-state index contributed by atoms with van der Waals surface area (Å²) in [6.45, 7) is 5.35. The minimum Gasteiger partial charge on any atom is -0.358 e. The van der Waals surface area contributed by atoms with Crippen LogP contribution in [-0.2, 0) is 22.9 Å². The van der Waals surface area contributed by atoms with Crippen LogP contribution in [0.1, 0.15) is 55.2 Å². The molecule has 0 spiro atoms. The Balaban J connectivity index is 1.58. The smallest absolute Gasteiger partial charge is 0.255 e. The highest BCUT2D eigenvalue weighted by Crippen LogP contribution is 2.30. The molecule has 30 heavy (non-hydrogen) atoms. The number of carbonyl (C=O) groups is 1. The lowest BCUT2D eigenvalue weighted by atomic mass is 9.95. The maximum absolute atomic E-state index is 12.9. The number of aromatic amines is 1. The molecule has 1 aliphatic carbocycles. The maximum atomic E-state index is 12.9. The quantitative estimate of drug-likeness (QED) is 0.579. The fourth-order valence-corrected chi connectivity index (χ4v) is 5.42. The number of nitrogens with one attached hydrogen (secondary N) is 3. The molecule has 0 saturated heterocycles. The SMILES string of the molecule is CC(C)(C)NS(=O)(=O)c1cccc(NC(=O)c2ccc3[nH]c4c(c3c2)CCCC4)c1. The highest BCUT2D eigenvalue weighted by molar-refractivity contribution is 7.89. The van der Waals surface area contributed by atoms with Crippen LogP contribution in [0.5, 0.6) is 0 Å². The van der Waals surface area contributed by atoms with Gasteiger partial charge in [0.05, 0.1) is 4.90 Å². The van der Waals surface area contributed by atoms with Gasteiger partial charge >= 0.3 is 0 Å². The third-order valence-corrected chi connectivity index (χ3v) is 6.96. The summed E-state index contributed by atoms with van der Waals surface area (Å²) in [5.74, 6) is -0.263. The van der Waals surface area contributed by atoms with Gasteiger partial charge < -0.3 is 10.3 Å². The second-order valence-corrected chi connectivity index (χ2v) is 10.6. The lowest BCUT2D eigenvalue weighted by Gasteiger charge is -2.20. The Kier molecular flexibility index (Phi) is 5.20. The first-order chi connectivity index (χ1) is 14.1. The molecule has 4 rings (SSSR count). The van der Waals surface area contributed by atoms with Gasteiger partial charge in [-0.1, -0.05) is 6.07 Å². The van der Waals surface area contributed by atoms with Crippen molar-refractivity contribution >= 4 is 32.5 Å². The van der Waals surface area contributed by atoms with Crippen LogP contribution in [0, 0.1) is 0 Å². The predicted octanol–water partition coefficient (Wildman–Crippen LogP) is 4.38. The summed E-state index contributed by atoms with van der Waals surface area (Å²) in [5.41, 5.74) is 4.04. The molecule has 3 N–H and O–H groups in total. The van der Waals surface area contributed by atoms with Crippen molar-refractivity contribution in [3.05, 3.63) is 59.3 Å². The van der Waals surface area contributed by atoms with E-state index >= 15 is 0 Å². The van der Waals surface area contributed by atoms with E-state index in [0.29, 0.717) is 11.3 Å². The van der Waals surface area contributed by atoms with Crippen LogP contribution >= 0.6 is 0 Å². The number of aryl methyl sites for hydroxylation is 2. The van der Waals surface area contributed by atoms with Crippen molar-refractivity contribution in [3.8, 4) is 0 Å². The minimum absolute atomic E-state index is 0.116. The normalized spacial score (nSPS) is 14.5.